The first kappa shape index (κ1) is 12.8. The first-order valence-electron chi connectivity index (χ1n) is 6.22. The Balaban J connectivity index is 2.03. The third-order valence-electron chi connectivity index (χ3n) is 3.42. The van der Waals surface area contributed by atoms with E-state index in [1.54, 1.807) is 6.07 Å². The van der Waals surface area contributed by atoms with Gasteiger partial charge in [-0.25, -0.2) is 0 Å². The Morgan fingerprint density at radius 1 is 0.950 bits per heavy atom. The first-order chi connectivity index (χ1) is 9.47. The molecule has 0 saturated heterocycles. The van der Waals surface area contributed by atoms with Gasteiger partial charge in [-0.1, -0.05) is 18.2 Å². The number of halogens is 3. The molecule has 0 N–H and O–H groups in total. The third kappa shape index (κ3) is 2.09. The maximum atomic E-state index is 12.8. The van der Waals surface area contributed by atoms with Crippen LogP contribution in [0.1, 0.15) is 5.56 Å². The predicted molar refractivity (Wildman–Crippen MR) is 73.3 cm³/mol. The average Bonchev–Trinajstić information content (AvgIpc) is 2.76. The van der Waals surface area contributed by atoms with E-state index in [0.717, 1.165) is 17.4 Å². The number of benzene rings is 2. The van der Waals surface area contributed by atoms with Gasteiger partial charge >= 0.3 is 6.18 Å². The van der Waals surface area contributed by atoms with E-state index in [2.05, 4.69) is 0 Å². The minimum atomic E-state index is -4.32. The van der Waals surface area contributed by atoms with Crippen LogP contribution in [0.3, 0.4) is 0 Å². The molecule has 2 nitrogen and oxygen atoms in total. The number of hydrogen-bond acceptors (Lipinski definition) is 2. The lowest BCUT2D eigenvalue weighted by molar-refractivity contribution is -0.137. The predicted octanol–water partition coefficient (Wildman–Crippen LogP) is 4.25. The van der Waals surface area contributed by atoms with Crippen molar-refractivity contribution in [1.29, 1.82) is 0 Å². The van der Waals surface area contributed by atoms with Gasteiger partial charge in [0.15, 0.2) is 0 Å². The molecule has 0 spiro atoms. The first-order valence-corrected chi connectivity index (χ1v) is 6.22. The number of rotatable bonds is 1. The second-order valence-electron chi connectivity index (χ2n) is 4.80. The van der Waals surface area contributed by atoms with Crippen LogP contribution in [0.4, 0.5) is 30.2 Å². The molecule has 104 valence electrons. The molecule has 1 aliphatic heterocycles. The molecule has 2 aromatic carbocycles. The molecule has 20 heavy (non-hydrogen) atoms. The van der Waals surface area contributed by atoms with Crippen molar-refractivity contribution < 1.29 is 13.2 Å². The van der Waals surface area contributed by atoms with Gasteiger partial charge < -0.3 is 9.80 Å². The van der Waals surface area contributed by atoms with E-state index in [0.29, 0.717) is 12.4 Å². The minimum absolute atomic E-state index is 0.542. The van der Waals surface area contributed by atoms with Crippen molar-refractivity contribution in [2.75, 3.05) is 23.5 Å². The highest BCUT2D eigenvalue weighted by Crippen LogP contribution is 2.40. The maximum Gasteiger partial charge on any atom is 0.416 e. The lowest BCUT2D eigenvalue weighted by Crippen LogP contribution is -2.24. The molecule has 0 saturated carbocycles. The summed E-state index contributed by atoms with van der Waals surface area (Å²) in [5, 5.41) is 0. The maximum absolute atomic E-state index is 12.8. The number of fused-ring (bicyclic) bond motifs is 1. The third-order valence-corrected chi connectivity index (χ3v) is 3.42. The molecule has 0 atom stereocenters. The highest BCUT2D eigenvalue weighted by atomic mass is 19.4. The van der Waals surface area contributed by atoms with Gasteiger partial charge in [-0.3, -0.25) is 0 Å². The van der Waals surface area contributed by atoms with Crippen LogP contribution in [0.2, 0.25) is 0 Å². The molecule has 0 radical (unpaired) electrons. The van der Waals surface area contributed by atoms with Gasteiger partial charge in [-0.05, 0) is 30.3 Å². The number of para-hydroxylation sites is 2. The minimum Gasteiger partial charge on any atom is -0.355 e. The monoisotopic (exact) mass is 278 g/mol. The molecular formula is C15H13F3N2. The molecule has 0 aliphatic carbocycles. The van der Waals surface area contributed by atoms with Crippen molar-refractivity contribution in [2.24, 2.45) is 0 Å². The SMILES string of the molecule is CN1CN(c2cccc(C(F)(F)F)c2)c2ccccc21. The standard InChI is InChI=1S/C15H13F3N2/c1-19-10-20(14-8-3-2-7-13(14)19)12-6-4-5-11(9-12)15(16,17)18/h2-9H,10H2,1H3. The summed E-state index contributed by atoms with van der Waals surface area (Å²) in [5.74, 6) is 0. The van der Waals surface area contributed by atoms with Crippen LogP contribution in [-0.4, -0.2) is 13.7 Å². The molecule has 0 fully saturated rings. The highest BCUT2D eigenvalue weighted by Gasteiger charge is 2.32. The zero-order valence-electron chi connectivity index (χ0n) is 10.9. The van der Waals surface area contributed by atoms with Crippen molar-refractivity contribution >= 4 is 17.1 Å². The van der Waals surface area contributed by atoms with E-state index in [1.807, 2.05) is 41.1 Å². The van der Waals surface area contributed by atoms with Crippen LogP contribution in [0, 0.1) is 0 Å². The van der Waals surface area contributed by atoms with Crippen LogP contribution in [0.25, 0.3) is 0 Å². The molecule has 0 amide bonds. The van der Waals surface area contributed by atoms with Gasteiger partial charge in [-0.15, -0.1) is 0 Å². The summed E-state index contributed by atoms with van der Waals surface area (Å²) in [5.41, 5.74) is 1.87. The molecule has 0 bridgehead atoms. The Kier molecular flexibility index (Phi) is 2.85. The van der Waals surface area contributed by atoms with Gasteiger partial charge in [0.25, 0.3) is 0 Å². The van der Waals surface area contributed by atoms with Crippen LogP contribution >= 0.6 is 0 Å². The topological polar surface area (TPSA) is 6.48 Å². The fourth-order valence-corrected chi connectivity index (χ4v) is 2.45. The summed E-state index contributed by atoms with van der Waals surface area (Å²) < 4.78 is 38.4. The highest BCUT2D eigenvalue weighted by molar-refractivity contribution is 5.82. The second kappa shape index (κ2) is 4.44. The van der Waals surface area contributed by atoms with Crippen LogP contribution < -0.4 is 9.80 Å². The van der Waals surface area contributed by atoms with Crippen molar-refractivity contribution in [1.82, 2.24) is 0 Å². The Bertz CT molecular complexity index is 637. The quantitative estimate of drug-likeness (QED) is 0.769. The zero-order chi connectivity index (χ0) is 14.3. The fraction of sp³-hybridized carbons (Fsp3) is 0.200. The van der Waals surface area contributed by atoms with E-state index in [1.165, 1.54) is 12.1 Å². The summed E-state index contributed by atoms with van der Waals surface area (Å²) in [7, 11) is 1.92. The van der Waals surface area contributed by atoms with Gasteiger partial charge in [0.05, 0.1) is 23.6 Å². The summed E-state index contributed by atoms with van der Waals surface area (Å²) in [4.78, 5) is 3.89. The zero-order valence-corrected chi connectivity index (χ0v) is 10.9. The number of hydrogen-bond donors (Lipinski definition) is 0. The Morgan fingerprint density at radius 2 is 1.65 bits per heavy atom. The van der Waals surface area contributed by atoms with Crippen molar-refractivity contribution in [3.05, 3.63) is 54.1 Å². The van der Waals surface area contributed by atoms with Crippen molar-refractivity contribution in [2.45, 2.75) is 6.18 Å². The molecular weight excluding hydrogens is 265 g/mol. The lowest BCUT2D eigenvalue weighted by atomic mass is 10.1. The average molecular weight is 278 g/mol. The molecule has 1 aliphatic rings. The van der Waals surface area contributed by atoms with Crippen LogP contribution in [-0.2, 0) is 6.18 Å². The van der Waals surface area contributed by atoms with Crippen LogP contribution in [0.5, 0.6) is 0 Å². The van der Waals surface area contributed by atoms with Crippen molar-refractivity contribution in [3.63, 3.8) is 0 Å². The Hall–Kier alpha value is -2.17. The Morgan fingerprint density at radius 3 is 2.35 bits per heavy atom. The smallest absolute Gasteiger partial charge is 0.355 e. The van der Waals surface area contributed by atoms with E-state index < -0.39 is 11.7 Å². The lowest BCUT2D eigenvalue weighted by Gasteiger charge is -2.20. The van der Waals surface area contributed by atoms with E-state index in [9.17, 15) is 13.2 Å². The van der Waals surface area contributed by atoms with Gasteiger partial charge in [-0.2, -0.15) is 13.2 Å². The van der Waals surface area contributed by atoms with E-state index >= 15 is 0 Å². The molecule has 3 rings (SSSR count). The largest absolute Gasteiger partial charge is 0.416 e. The molecule has 5 heteroatoms. The summed E-state index contributed by atoms with van der Waals surface area (Å²) >= 11 is 0. The molecule has 2 aromatic rings. The molecule has 1 heterocycles. The number of nitrogens with zero attached hydrogens (tertiary/aromatic N) is 2. The normalized spacial score (nSPS) is 14.6. The fourth-order valence-electron chi connectivity index (χ4n) is 2.45. The van der Waals surface area contributed by atoms with Gasteiger partial charge in [0.1, 0.15) is 0 Å². The summed E-state index contributed by atoms with van der Waals surface area (Å²) in [6.07, 6.45) is -4.32. The van der Waals surface area contributed by atoms with Gasteiger partial charge in [0.2, 0.25) is 0 Å². The van der Waals surface area contributed by atoms with E-state index in [4.69, 9.17) is 0 Å². The number of alkyl halides is 3. The Labute approximate surface area is 115 Å². The summed E-state index contributed by atoms with van der Waals surface area (Å²) in [6.45, 7) is 0.542. The second-order valence-corrected chi connectivity index (χ2v) is 4.80. The van der Waals surface area contributed by atoms with Crippen LogP contribution in [0.15, 0.2) is 48.5 Å². The summed E-state index contributed by atoms with van der Waals surface area (Å²) in [6, 6.07) is 13.1. The number of anilines is 3. The van der Waals surface area contributed by atoms with Gasteiger partial charge in [0, 0.05) is 12.7 Å². The molecule has 0 unspecified atom stereocenters. The van der Waals surface area contributed by atoms with E-state index in [-0.39, 0.29) is 0 Å². The van der Waals surface area contributed by atoms with Crippen molar-refractivity contribution in [3.8, 4) is 0 Å². The molecule has 0 aromatic heterocycles.